The number of rotatable bonds is 5. The van der Waals surface area contributed by atoms with Crippen molar-refractivity contribution >= 4 is 5.91 Å². The normalized spacial score (nSPS) is 15.8. The number of carbonyl (C=O) groups is 1. The lowest BCUT2D eigenvalue weighted by atomic mass is 10.0. The Labute approximate surface area is 108 Å². The molecule has 1 aliphatic rings. The highest BCUT2D eigenvalue weighted by Gasteiger charge is 2.39. The number of carbonyl (C=O) groups excluding carboxylic acids is 1. The zero-order chi connectivity index (χ0) is 13.3. The highest BCUT2D eigenvalue weighted by molar-refractivity contribution is 5.86. The monoisotopic (exact) mass is 250 g/mol. The van der Waals surface area contributed by atoms with E-state index in [0.29, 0.717) is 12.6 Å². The van der Waals surface area contributed by atoms with E-state index in [1.165, 1.54) is 0 Å². The van der Waals surface area contributed by atoms with Crippen LogP contribution in [-0.2, 0) is 18.4 Å². The molecule has 1 aromatic rings. The van der Waals surface area contributed by atoms with E-state index in [2.05, 4.69) is 10.3 Å². The van der Waals surface area contributed by atoms with Gasteiger partial charge in [-0.2, -0.15) is 0 Å². The van der Waals surface area contributed by atoms with Gasteiger partial charge in [-0.1, -0.05) is 0 Å². The van der Waals surface area contributed by atoms with Crippen LogP contribution in [-0.4, -0.2) is 39.0 Å². The fraction of sp³-hybridized carbons (Fsp3) is 0.692. The minimum atomic E-state index is -0.520. The Morgan fingerprint density at radius 2 is 2.28 bits per heavy atom. The maximum absolute atomic E-state index is 12.5. The number of imidazole rings is 1. The average molecular weight is 250 g/mol. The number of aryl methyl sites for hydroxylation is 1. The Balaban J connectivity index is 2.14. The topological polar surface area (TPSA) is 50.2 Å². The number of nitrogens with one attached hydrogen (secondary N) is 1. The molecule has 0 atom stereocenters. The van der Waals surface area contributed by atoms with Crippen molar-refractivity contribution < 1.29 is 4.79 Å². The van der Waals surface area contributed by atoms with Gasteiger partial charge in [-0.15, -0.1) is 0 Å². The molecule has 0 bridgehead atoms. The van der Waals surface area contributed by atoms with Gasteiger partial charge in [0.25, 0.3) is 0 Å². The lowest BCUT2D eigenvalue weighted by molar-refractivity contribution is -0.138. The first kappa shape index (κ1) is 13.1. The van der Waals surface area contributed by atoms with Crippen molar-refractivity contribution in [3.8, 4) is 0 Å². The van der Waals surface area contributed by atoms with E-state index in [4.69, 9.17) is 0 Å². The number of aromatic nitrogens is 2. The second-order valence-electron chi connectivity index (χ2n) is 5.49. The molecule has 0 radical (unpaired) electrons. The van der Waals surface area contributed by atoms with Crippen LogP contribution >= 0.6 is 0 Å². The van der Waals surface area contributed by atoms with Gasteiger partial charge in [0.2, 0.25) is 5.91 Å². The molecule has 0 aromatic carbocycles. The minimum absolute atomic E-state index is 0.149. The predicted molar refractivity (Wildman–Crippen MR) is 69.9 cm³/mol. The van der Waals surface area contributed by atoms with Crippen molar-refractivity contribution in [2.45, 2.75) is 44.8 Å². The molecule has 100 valence electrons. The van der Waals surface area contributed by atoms with Crippen molar-refractivity contribution in [2.75, 3.05) is 7.05 Å². The van der Waals surface area contributed by atoms with Crippen LogP contribution in [0.15, 0.2) is 12.4 Å². The van der Waals surface area contributed by atoms with E-state index >= 15 is 0 Å². The van der Waals surface area contributed by atoms with Crippen molar-refractivity contribution in [1.29, 1.82) is 0 Å². The van der Waals surface area contributed by atoms with E-state index in [-0.39, 0.29) is 5.91 Å². The summed E-state index contributed by atoms with van der Waals surface area (Å²) in [4.78, 5) is 18.8. The Kier molecular flexibility index (Phi) is 3.43. The van der Waals surface area contributed by atoms with Gasteiger partial charge < -0.3 is 14.8 Å². The van der Waals surface area contributed by atoms with Gasteiger partial charge in [0.15, 0.2) is 0 Å². The highest BCUT2D eigenvalue weighted by atomic mass is 16.2. The first-order chi connectivity index (χ1) is 8.45. The van der Waals surface area contributed by atoms with Crippen LogP contribution < -0.4 is 5.32 Å². The summed E-state index contributed by atoms with van der Waals surface area (Å²) >= 11 is 0. The Bertz CT molecular complexity index is 434. The van der Waals surface area contributed by atoms with Gasteiger partial charge in [0, 0.05) is 25.5 Å². The lowest BCUT2D eigenvalue weighted by Gasteiger charge is -2.31. The maximum Gasteiger partial charge on any atom is 0.242 e. The molecule has 1 fully saturated rings. The molecule has 5 heteroatoms. The third-order valence-corrected chi connectivity index (χ3v) is 3.64. The summed E-state index contributed by atoms with van der Waals surface area (Å²) in [6.45, 7) is 4.43. The maximum atomic E-state index is 12.5. The molecule has 18 heavy (non-hydrogen) atoms. The molecule has 0 saturated heterocycles. The van der Waals surface area contributed by atoms with Gasteiger partial charge in [-0.3, -0.25) is 4.79 Å². The molecule has 0 aliphatic heterocycles. The largest absolute Gasteiger partial charge is 0.337 e. The standard InChI is InChI=1S/C13H22N4O/c1-13(2,14-3)12(18)17(10-5-6-10)9-11-15-7-8-16(11)4/h7-8,10,14H,5-6,9H2,1-4H3. The summed E-state index contributed by atoms with van der Waals surface area (Å²) in [6, 6.07) is 0.391. The zero-order valence-electron chi connectivity index (χ0n) is 11.6. The number of nitrogens with zero attached hydrogens (tertiary/aromatic N) is 3. The summed E-state index contributed by atoms with van der Waals surface area (Å²) in [6.07, 6.45) is 5.90. The van der Waals surface area contributed by atoms with Crippen LogP contribution in [0.3, 0.4) is 0 Å². The molecule has 1 aromatic heterocycles. The highest BCUT2D eigenvalue weighted by Crippen LogP contribution is 2.30. The molecule has 2 rings (SSSR count). The number of hydrogen-bond donors (Lipinski definition) is 1. The third-order valence-electron chi connectivity index (χ3n) is 3.64. The molecule has 1 saturated carbocycles. The third kappa shape index (κ3) is 2.56. The van der Waals surface area contributed by atoms with Crippen LogP contribution in [0, 0.1) is 0 Å². The van der Waals surface area contributed by atoms with Gasteiger partial charge >= 0.3 is 0 Å². The van der Waals surface area contributed by atoms with Crippen LogP contribution in [0.1, 0.15) is 32.5 Å². The first-order valence-electron chi connectivity index (χ1n) is 6.42. The summed E-state index contributed by atoms with van der Waals surface area (Å²) < 4.78 is 1.97. The van der Waals surface area contributed by atoms with Crippen LogP contribution in [0.25, 0.3) is 0 Å². The van der Waals surface area contributed by atoms with Gasteiger partial charge in [-0.25, -0.2) is 4.98 Å². The SMILES string of the molecule is CNC(C)(C)C(=O)N(Cc1nccn1C)C1CC1. The smallest absolute Gasteiger partial charge is 0.242 e. The van der Waals surface area contributed by atoms with Gasteiger partial charge in [0.05, 0.1) is 12.1 Å². The van der Waals surface area contributed by atoms with Crippen LogP contribution in [0.2, 0.25) is 0 Å². The molecule has 1 N–H and O–H groups in total. The van der Waals surface area contributed by atoms with Gasteiger partial charge in [0.1, 0.15) is 5.82 Å². The molecule has 1 amide bonds. The summed E-state index contributed by atoms with van der Waals surface area (Å²) in [5.41, 5.74) is -0.520. The zero-order valence-corrected chi connectivity index (χ0v) is 11.6. The molecule has 1 heterocycles. The number of hydrogen-bond acceptors (Lipinski definition) is 3. The fourth-order valence-electron chi connectivity index (χ4n) is 1.92. The molecule has 0 unspecified atom stereocenters. The lowest BCUT2D eigenvalue weighted by Crippen LogP contribution is -2.53. The Morgan fingerprint density at radius 3 is 2.72 bits per heavy atom. The predicted octanol–water partition coefficient (Wildman–Crippen LogP) is 0.909. The Morgan fingerprint density at radius 1 is 1.61 bits per heavy atom. The summed E-state index contributed by atoms with van der Waals surface area (Å²) in [7, 11) is 3.78. The van der Waals surface area contributed by atoms with Crippen LogP contribution in [0.4, 0.5) is 0 Å². The second kappa shape index (κ2) is 4.72. The van der Waals surface area contributed by atoms with E-state index in [1.807, 2.05) is 43.6 Å². The van der Waals surface area contributed by atoms with Crippen molar-refractivity contribution in [1.82, 2.24) is 19.8 Å². The molecule has 0 spiro atoms. The second-order valence-corrected chi connectivity index (χ2v) is 5.49. The minimum Gasteiger partial charge on any atom is -0.337 e. The average Bonchev–Trinajstić information content (AvgIpc) is 3.10. The van der Waals surface area contributed by atoms with E-state index in [0.717, 1.165) is 18.7 Å². The first-order valence-corrected chi connectivity index (χ1v) is 6.42. The molecule has 1 aliphatic carbocycles. The molecule has 5 nitrogen and oxygen atoms in total. The molecular weight excluding hydrogens is 228 g/mol. The van der Waals surface area contributed by atoms with Crippen molar-refractivity contribution in [2.24, 2.45) is 7.05 Å². The summed E-state index contributed by atoms with van der Waals surface area (Å²) in [5, 5.41) is 3.08. The van der Waals surface area contributed by atoms with E-state index in [9.17, 15) is 4.79 Å². The number of likely N-dealkylation sites (N-methyl/N-ethyl adjacent to an activating group) is 1. The molecular formula is C13H22N4O. The Hall–Kier alpha value is -1.36. The summed E-state index contributed by atoms with van der Waals surface area (Å²) in [5.74, 6) is 1.08. The van der Waals surface area contributed by atoms with Crippen LogP contribution in [0.5, 0.6) is 0 Å². The van der Waals surface area contributed by atoms with E-state index in [1.54, 1.807) is 6.20 Å². The van der Waals surface area contributed by atoms with Crippen molar-refractivity contribution in [3.05, 3.63) is 18.2 Å². The van der Waals surface area contributed by atoms with E-state index < -0.39 is 5.54 Å². The number of amides is 1. The van der Waals surface area contributed by atoms with Gasteiger partial charge in [-0.05, 0) is 33.7 Å². The van der Waals surface area contributed by atoms with Crippen molar-refractivity contribution in [3.63, 3.8) is 0 Å². The fourth-order valence-corrected chi connectivity index (χ4v) is 1.92. The quantitative estimate of drug-likeness (QED) is 0.845.